The number of hydrogen-bond donors (Lipinski definition) is 3. The Bertz CT molecular complexity index is 671. The molecule has 3 fully saturated rings. The zero-order chi connectivity index (χ0) is 22.3. The van der Waals surface area contributed by atoms with Gasteiger partial charge < -0.3 is 20.3 Å². The summed E-state index contributed by atoms with van der Waals surface area (Å²) in [5.41, 5.74) is 1.64. The summed E-state index contributed by atoms with van der Waals surface area (Å²) in [6, 6.07) is -0.544. The van der Waals surface area contributed by atoms with Gasteiger partial charge in [0.15, 0.2) is 0 Å². The average molecular weight is 438 g/mol. The summed E-state index contributed by atoms with van der Waals surface area (Å²) in [6.45, 7) is 3.28. The molecular weight excluding hydrogens is 402 g/mol. The highest BCUT2D eigenvalue weighted by molar-refractivity contribution is 6.08. The van der Waals surface area contributed by atoms with E-state index < -0.39 is 11.6 Å². The molecule has 0 bridgehead atoms. The minimum absolute atomic E-state index is 0.00483. The number of carbonyl (C=O) groups excluding carboxylic acids is 4. The van der Waals surface area contributed by atoms with Crippen LogP contribution < -0.4 is 16.1 Å². The molecule has 31 heavy (non-hydrogen) atoms. The number of hydrazine groups is 1. The SMILES string of the molecule is COCCCNC(=O)C1CCN(CCC(=O)NN2C(=O)NC3(CCCCC3)C2=O)CC1. The lowest BCUT2D eigenvalue weighted by Gasteiger charge is -2.31. The second kappa shape index (κ2) is 10.9. The van der Waals surface area contributed by atoms with Gasteiger partial charge in [0, 0.05) is 39.1 Å². The molecule has 3 rings (SSSR count). The second-order valence-corrected chi connectivity index (χ2v) is 8.75. The van der Waals surface area contributed by atoms with E-state index in [1.54, 1.807) is 7.11 Å². The third-order valence-corrected chi connectivity index (χ3v) is 6.54. The monoisotopic (exact) mass is 437 g/mol. The van der Waals surface area contributed by atoms with E-state index in [1.807, 2.05) is 0 Å². The third kappa shape index (κ3) is 5.94. The summed E-state index contributed by atoms with van der Waals surface area (Å²) in [4.78, 5) is 51.7. The fourth-order valence-corrected chi connectivity index (χ4v) is 4.65. The van der Waals surface area contributed by atoms with Crippen LogP contribution in [0.1, 0.15) is 57.8 Å². The molecule has 0 unspecified atom stereocenters. The number of methoxy groups -OCH3 is 1. The minimum atomic E-state index is -0.839. The normalized spacial score (nSPS) is 21.9. The quantitative estimate of drug-likeness (QED) is 0.357. The highest BCUT2D eigenvalue weighted by atomic mass is 16.5. The average Bonchev–Trinajstić information content (AvgIpc) is 2.99. The molecule has 0 aromatic heterocycles. The molecule has 10 heteroatoms. The van der Waals surface area contributed by atoms with Crippen LogP contribution in [0, 0.1) is 5.92 Å². The van der Waals surface area contributed by atoms with Gasteiger partial charge in [0.2, 0.25) is 11.8 Å². The number of urea groups is 1. The molecule has 10 nitrogen and oxygen atoms in total. The molecule has 0 aromatic rings. The number of hydrogen-bond acceptors (Lipinski definition) is 6. The van der Waals surface area contributed by atoms with E-state index in [0.29, 0.717) is 32.5 Å². The highest BCUT2D eigenvalue weighted by Gasteiger charge is 2.52. The van der Waals surface area contributed by atoms with Crippen molar-refractivity contribution in [3.8, 4) is 0 Å². The first-order valence-corrected chi connectivity index (χ1v) is 11.4. The first kappa shape index (κ1) is 23.5. The molecule has 2 saturated heterocycles. The molecule has 1 saturated carbocycles. The van der Waals surface area contributed by atoms with Gasteiger partial charge in [0.1, 0.15) is 5.54 Å². The van der Waals surface area contributed by atoms with E-state index in [1.165, 1.54) is 0 Å². The molecule has 1 aliphatic carbocycles. The van der Waals surface area contributed by atoms with Crippen LogP contribution in [0.3, 0.4) is 0 Å². The van der Waals surface area contributed by atoms with Crippen molar-refractivity contribution in [2.24, 2.45) is 5.92 Å². The van der Waals surface area contributed by atoms with Crippen LogP contribution in [0.2, 0.25) is 0 Å². The zero-order valence-corrected chi connectivity index (χ0v) is 18.4. The lowest BCUT2D eigenvalue weighted by Crippen LogP contribution is -2.51. The molecule has 0 atom stereocenters. The van der Waals surface area contributed by atoms with Gasteiger partial charge in [0.05, 0.1) is 0 Å². The summed E-state index contributed by atoms with van der Waals surface area (Å²) in [5, 5.41) is 6.59. The van der Waals surface area contributed by atoms with E-state index in [2.05, 4.69) is 21.0 Å². The van der Waals surface area contributed by atoms with Gasteiger partial charge in [-0.25, -0.2) is 4.79 Å². The van der Waals surface area contributed by atoms with Crippen LogP contribution in [0.4, 0.5) is 4.79 Å². The summed E-state index contributed by atoms with van der Waals surface area (Å²) < 4.78 is 4.98. The van der Waals surface area contributed by atoms with Crippen molar-refractivity contribution in [1.82, 2.24) is 26.0 Å². The molecule has 2 heterocycles. The topological polar surface area (TPSA) is 120 Å². The predicted octanol–water partition coefficient (Wildman–Crippen LogP) is 0.527. The van der Waals surface area contributed by atoms with Crippen molar-refractivity contribution in [2.75, 3.05) is 39.9 Å². The van der Waals surface area contributed by atoms with Gasteiger partial charge in [-0.1, -0.05) is 19.3 Å². The number of amides is 5. The standard InChI is InChI=1S/C21H35N5O5/c1-31-15-5-11-22-18(28)16-6-12-25(13-7-16)14-8-17(27)24-26-19(29)21(23-20(26)30)9-3-2-4-10-21/h16H,2-15H2,1H3,(H,22,28)(H,23,30)(H,24,27). The maximum Gasteiger partial charge on any atom is 0.344 e. The van der Waals surface area contributed by atoms with Gasteiger partial charge in [-0.2, -0.15) is 5.01 Å². The van der Waals surface area contributed by atoms with Crippen LogP contribution >= 0.6 is 0 Å². The molecule has 0 aromatic carbocycles. The largest absolute Gasteiger partial charge is 0.385 e. The molecule has 3 aliphatic rings. The molecule has 3 N–H and O–H groups in total. The Morgan fingerprint density at radius 3 is 2.55 bits per heavy atom. The van der Waals surface area contributed by atoms with E-state index in [0.717, 1.165) is 56.6 Å². The van der Waals surface area contributed by atoms with Gasteiger partial charge in [-0.3, -0.25) is 19.8 Å². The number of nitrogens with one attached hydrogen (secondary N) is 3. The minimum Gasteiger partial charge on any atom is -0.385 e. The van der Waals surface area contributed by atoms with Crippen LogP contribution in [0.25, 0.3) is 0 Å². The number of piperidine rings is 1. The molecule has 174 valence electrons. The lowest BCUT2D eigenvalue weighted by atomic mass is 9.82. The van der Waals surface area contributed by atoms with E-state index in [9.17, 15) is 19.2 Å². The van der Waals surface area contributed by atoms with Crippen LogP contribution in [0.15, 0.2) is 0 Å². The van der Waals surface area contributed by atoms with Gasteiger partial charge >= 0.3 is 6.03 Å². The number of carbonyl (C=O) groups is 4. The van der Waals surface area contributed by atoms with Gasteiger partial charge in [0.25, 0.3) is 5.91 Å². The fraction of sp³-hybridized carbons (Fsp3) is 0.810. The maximum absolute atomic E-state index is 12.7. The van der Waals surface area contributed by atoms with Crippen molar-refractivity contribution in [1.29, 1.82) is 0 Å². The highest BCUT2D eigenvalue weighted by Crippen LogP contribution is 2.33. The zero-order valence-electron chi connectivity index (χ0n) is 18.4. The summed E-state index contributed by atoms with van der Waals surface area (Å²) in [6.07, 6.45) is 6.61. The van der Waals surface area contributed by atoms with Crippen molar-refractivity contribution >= 4 is 23.8 Å². The Balaban J connectivity index is 1.36. The first-order chi connectivity index (χ1) is 14.9. The van der Waals surface area contributed by atoms with E-state index >= 15 is 0 Å². The number of nitrogens with zero attached hydrogens (tertiary/aromatic N) is 2. The van der Waals surface area contributed by atoms with Gasteiger partial charge in [-0.05, 0) is 45.2 Å². The predicted molar refractivity (Wildman–Crippen MR) is 113 cm³/mol. The van der Waals surface area contributed by atoms with Crippen LogP contribution in [0.5, 0.6) is 0 Å². The Morgan fingerprint density at radius 1 is 1.16 bits per heavy atom. The fourth-order valence-electron chi connectivity index (χ4n) is 4.65. The summed E-state index contributed by atoms with van der Waals surface area (Å²) in [5.74, 6) is -0.605. The van der Waals surface area contributed by atoms with E-state index in [4.69, 9.17) is 4.74 Å². The van der Waals surface area contributed by atoms with Crippen LogP contribution in [-0.2, 0) is 19.1 Å². The number of imide groups is 1. The summed E-state index contributed by atoms with van der Waals surface area (Å²) in [7, 11) is 1.64. The second-order valence-electron chi connectivity index (χ2n) is 8.75. The Morgan fingerprint density at radius 2 is 1.87 bits per heavy atom. The number of ether oxygens (including phenoxy) is 1. The Labute approximate surface area is 183 Å². The number of likely N-dealkylation sites (tertiary alicyclic amines) is 1. The van der Waals surface area contributed by atoms with Crippen molar-refractivity contribution in [3.05, 3.63) is 0 Å². The number of rotatable bonds is 9. The van der Waals surface area contributed by atoms with E-state index in [-0.39, 0.29) is 30.1 Å². The molecule has 0 radical (unpaired) electrons. The molecule has 5 amide bonds. The summed E-state index contributed by atoms with van der Waals surface area (Å²) >= 11 is 0. The molecule has 1 spiro atoms. The van der Waals surface area contributed by atoms with Crippen molar-refractivity contribution in [2.45, 2.75) is 63.3 Å². The van der Waals surface area contributed by atoms with Crippen LogP contribution in [-0.4, -0.2) is 79.1 Å². The Kier molecular flexibility index (Phi) is 8.25. The smallest absolute Gasteiger partial charge is 0.344 e. The molecular formula is C21H35N5O5. The van der Waals surface area contributed by atoms with Crippen molar-refractivity contribution < 1.29 is 23.9 Å². The van der Waals surface area contributed by atoms with Crippen molar-refractivity contribution in [3.63, 3.8) is 0 Å². The lowest BCUT2D eigenvalue weighted by molar-refractivity contribution is -0.140. The third-order valence-electron chi connectivity index (χ3n) is 6.54. The molecule has 2 aliphatic heterocycles. The Hall–Kier alpha value is -2.20. The van der Waals surface area contributed by atoms with Gasteiger partial charge in [-0.15, -0.1) is 0 Å². The first-order valence-electron chi connectivity index (χ1n) is 11.4. The maximum atomic E-state index is 12.7.